The number of hydrogen-bond donors (Lipinski definition) is 0. The Bertz CT molecular complexity index is 1230. The molecule has 0 aromatic carbocycles. The van der Waals surface area contributed by atoms with Gasteiger partial charge in [0.25, 0.3) is 5.91 Å². The van der Waals surface area contributed by atoms with E-state index in [9.17, 15) is 22.4 Å². The predicted octanol–water partition coefficient (Wildman–Crippen LogP) is 4.64. The lowest BCUT2D eigenvalue weighted by molar-refractivity contribution is -0.138. The highest BCUT2D eigenvalue weighted by molar-refractivity contribution is 5.99. The first kappa shape index (κ1) is 22.4. The van der Waals surface area contributed by atoms with Crippen LogP contribution in [0.15, 0.2) is 42.9 Å². The third kappa shape index (κ3) is 4.01. The average molecular weight is 471 g/mol. The van der Waals surface area contributed by atoms with E-state index in [1.54, 1.807) is 42.4 Å². The highest BCUT2D eigenvalue weighted by atomic mass is 19.4. The second-order valence-corrected chi connectivity index (χ2v) is 8.78. The van der Waals surface area contributed by atoms with Gasteiger partial charge in [0.15, 0.2) is 5.82 Å². The van der Waals surface area contributed by atoms with Crippen molar-refractivity contribution in [2.75, 3.05) is 0 Å². The molecule has 0 radical (unpaired) electrons. The number of carbonyl (C=O) groups excluding carboxylic acids is 1. The minimum atomic E-state index is -4.65. The van der Waals surface area contributed by atoms with Crippen LogP contribution in [-0.2, 0) is 12.6 Å². The minimum Gasteiger partial charge on any atom is -0.331 e. The lowest BCUT2D eigenvalue weighted by Crippen LogP contribution is -2.37. The van der Waals surface area contributed by atoms with Gasteiger partial charge in [0.1, 0.15) is 11.5 Å². The van der Waals surface area contributed by atoms with E-state index in [-0.39, 0.29) is 41.7 Å². The van der Waals surface area contributed by atoms with Gasteiger partial charge in [0, 0.05) is 36.4 Å². The lowest BCUT2D eigenvalue weighted by Gasteiger charge is -2.25. The minimum absolute atomic E-state index is 0.00926. The van der Waals surface area contributed by atoms with Gasteiger partial charge in [-0.05, 0) is 62.8 Å². The number of aromatic nitrogens is 4. The highest BCUT2D eigenvalue weighted by Gasteiger charge is 2.49. The molecule has 2 aliphatic heterocycles. The molecule has 34 heavy (non-hydrogen) atoms. The molecule has 5 heterocycles. The van der Waals surface area contributed by atoms with Crippen molar-refractivity contribution in [1.82, 2.24) is 24.8 Å². The topological polar surface area (TPSA) is 71.9 Å². The SMILES string of the molecule is Cc1ccc(-c2ncccn2)c(C(=O)N2C3CCC2C(Cc2ncc(C(F)(F)F)cc2F)C3)n1. The maximum absolute atomic E-state index is 14.4. The third-order valence-electron chi connectivity index (χ3n) is 6.64. The molecule has 2 saturated heterocycles. The number of fused-ring (bicyclic) bond motifs is 2. The van der Waals surface area contributed by atoms with Crippen LogP contribution in [0.1, 0.15) is 46.7 Å². The van der Waals surface area contributed by atoms with Crippen LogP contribution in [-0.4, -0.2) is 42.8 Å². The van der Waals surface area contributed by atoms with E-state index in [2.05, 4.69) is 19.9 Å². The summed E-state index contributed by atoms with van der Waals surface area (Å²) in [4.78, 5) is 32.2. The Kier molecular flexibility index (Phi) is 5.53. The first-order chi connectivity index (χ1) is 16.2. The number of rotatable bonds is 4. The Hall–Kier alpha value is -3.43. The van der Waals surface area contributed by atoms with Crippen molar-refractivity contribution in [3.8, 4) is 11.4 Å². The quantitative estimate of drug-likeness (QED) is 0.519. The van der Waals surface area contributed by atoms with Gasteiger partial charge >= 0.3 is 6.18 Å². The number of pyridine rings is 2. The highest BCUT2D eigenvalue weighted by Crippen LogP contribution is 2.44. The summed E-state index contributed by atoms with van der Waals surface area (Å²) < 4.78 is 53.0. The van der Waals surface area contributed by atoms with Gasteiger partial charge in [-0.3, -0.25) is 9.78 Å². The fraction of sp³-hybridized carbons (Fsp3) is 0.375. The summed E-state index contributed by atoms with van der Waals surface area (Å²) >= 11 is 0. The van der Waals surface area contributed by atoms with E-state index in [0.717, 1.165) is 12.8 Å². The van der Waals surface area contributed by atoms with Crippen LogP contribution < -0.4 is 0 Å². The zero-order chi connectivity index (χ0) is 24.0. The van der Waals surface area contributed by atoms with E-state index in [1.807, 2.05) is 0 Å². The fourth-order valence-electron chi connectivity index (χ4n) is 5.13. The Labute approximate surface area is 193 Å². The van der Waals surface area contributed by atoms with Crippen molar-refractivity contribution < 1.29 is 22.4 Å². The Morgan fingerprint density at radius 2 is 1.91 bits per heavy atom. The lowest BCUT2D eigenvalue weighted by atomic mass is 9.85. The molecule has 1 amide bonds. The Morgan fingerprint density at radius 3 is 2.62 bits per heavy atom. The fourth-order valence-corrected chi connectivity index (χ4v) is 5.13. The number of aryl methyl sites for hydroxylation is 1. The number of halogens is 4. The van der Waals surface area contributed by atoms with Crippen molar-refractivity contribution in [2.24, 2.45) is 5.92 Å². The number of hydrogen-bond acceptors (Lipinski definition) is 5. The molecule has 0 N–H and O–H groups in total. The van der Waals surface area contributed by atoms with Crippen molar-refractivity contribution in [3.63, 3.8) is 0 Å². The van der Waals surface area contributed by atoms with E-state index >= 15 is 0 Å². The van der Waals surface area contributed by atoms with Crippen LogP contribution in [0.2, 0.25) is 0 Å². The second-order valence-electron chi connectivity index (χ2n) is 8.78. The summed E-state index contributed by atoms with van der Waals surface area (Å²) in [6, 6.07) is 5.55. The van der Waals surface area contributed by atoms with Crippen LogP contribution in [0, 0.1) is 18.7 Å². The van der Waals surface area contributed by atoms with Crippen molar-refractivity contribution in [2.45, 2.75) is 50.9 Å². The number of alkyl halides is 3. The molecule has 0 saturated carbocycles. The zero-order valence-electron chi connectivity index (χ0n) is 18.3. The second kappa shape index (κ2) is 8.41. The van der Waals surface area contributed by atoms with Crippen LogP contribution in [0.3, 0.4) is 0 Å². The third-order valence-corrected chi connectivity index (χ3v) is 6.64. The Morgan fingerprint density at radius 1 is 1.15 bits per heavy atom. The molecule has 3 aromatic heterocycles. The normalized spacial score (nSPS) is 21.8. The number of carbonyl (C=O) groups is 1. The van der Waals surface area contributed by atoms with Gasteiger partial charge in [-0.15, -0.1) is 0 Å². The molecule has 10 heteroatoms. The largest absolute Gasteiger partial charge is 0.417 e. The molecular weight excluding hydrogens is 450 g/mol. The number of nitrogens with zero attached hydrogens (tertiary/aromatic N) is 5. The molecule has 3 aromatic rings. The van der Waals surface area contributed by atoms with E-state index in [1.165, 1.54) is 0 Å². The summed E-state index contributed by atoms with van der Waals surface area (Å²) in [5, 5.41) is 0. The van der Waals surface area contributed by atoms with Crippen molar-refractivity contribution >= 4 is 5.91 Å². The maximum atomic E-state index is 14.4. The summed E-state index contributed by atoms with van der Waals surface area (Å²) in [5.74, 6) is -0.901. The average Bonchev–Trinajstić information content (AvgIpc) is 3.37. The molecule has 0 spiro atoms. The van der Waals surface area contributed by atoms with Gasteiger partial charge in [-0.25, -0.2) is 19.3 Å². The molecular formula is C24H21F4N5O. The molecule has 2 fully saturated rings. The van der Waals surface area contributed by atoms with Crippen LogP contribution in [0.5, 0.6) is 0 Å². The van der Waals surface area contributed by atoms with Crippen molar-refractivity contribution in [1.29, 1.82) is 0 Å². The van der Waals surface area contributed by atoms with E-state index in [0.29, 0.717) is 35.8 Å². The summed E-state index contributed by atoms with van der Waals surface area (Å²) in [5.41, 5.74) is 0.365. The number of amides is 1. The monoisotopic (exact) mass is 471 g/mol. The molecule has 6 nitrogen and oxygen atoms in total. The summed E-state index contributed by atoms with van der Waals surface area (Å²) in [6.45, 7) is 1.80. The summed E-state index contributed by atoms with van der Waals surface area (Å²) in [6.07, 6.45) is 1.58. The van der Waals surface area contributed by atoms with Gasteiger partial charge in [-0.2, -0.15) is 13.2 Å². The van der Waals surface area contributed by atoms with Gasteiger partial charge in [-0.1, -0.05) is 0 Å². The van der Waals surface area contributed by atoms with Crippen LogP contribution in [0.25, 0.3) is 11.4 Å². The van der Waals surface area contributed by atoms with Crippen LogP contribution >= 0.6 is 0 Å². The maximum Gasteiger partial charge on any atom is 0.417 e. The molecule has 3 atom stereocenters. The molecule has 0 aliphatic carbocycles. The predicted molar refractivity (Wildman–Crippen MR) is 114 cm³/mol. The van der Waals surface area contributed by atoms with Gasteiger partial charge in [0.2, 0.25) is 0 Å². The van der Waals surface area contributed by atoms with Gasteiger partial charge in [0.05, 0.1) is 16.8 Å². The summed E-state index contributed by atoms with van der Waals surface area (Å²) in [7, 11) is 0. The first-order valence-electron chi connectivity index (χ1n) is 11.0. The van der Waals surface area contributed by atoms with E-state index in [4.69, 9.17) is 0 Å². The molecule has 3 unspecified atom stereocenters. The van der Waals surface area contributed by atoms with Crippen LogP contribution in [0.4, 0.5) is 17.6 Å². The van der Waals surface area contributed by atoms with Gasteiger partial charge < -0.3 is 4.90 Å². The molecule has 2 aliphatic rings. The zero-order valence-corrected chi connectivity index (χ0v) is 18.3. The molecule has 2 bridgehead atoms. The Balaban J connectivity index is 1.40. The molecule has 5 rings (SSSR count). The first-order valence-corrected chi connectivity index (χ1v) is 11.0. The van der Waals surface area contributed by atoms with E-state index < -0.39 is 17.6 Å². The molecule has 176 valence electrons. The standard InChI is InChI=1S/C24H21F4N5O/c1-13-3-5-17(22-29-7-2-8-30-22)21(32-13)23(34)33-16-4-6-20(33)14(9-16)10-19-18(25)11-15(12-31-19)24(26,27)28/h2-3,5,7-8,11-12,14,16,20H,4,6,9-10H2,1H3. The smallest absolute Gasteiger partial charge is 0.331 e. The van der Waals surface area contributed by atoms with Crippen molar-refractivity contribution in [3.05, 3.63) is 71.3 Å².